The minimum absolute atomic E-state index is 0.554. The van der Waals surface area contributed by atoms with E-state index in [0.29, 0.717) is 36.3 Å². The zero-order valence-electron chi connectivity index (χ0n) is 10.7. The third-order valence-electron chi connectivity index (χ3n) is 3.00. The molecule has 5 heteroatoms. The van der Waals surface area contributed by atoms with Crippen LogP contribution in [0.25, 0.3) is 0 Å². The largest absolute Gasteiger partial charge is 0.486 e. The fourth-order valence-corrected chi connectivity index (χ4v) is 2.48. The van der Waals surface area contributed by atoms with Crippen molar-refractivity contribution in [3.63, 3.8) is 0 Å². The molecule has 0 saturated carbocycles. The van der Waals surface area contributed by atoms with Gasteiger partial charge in [0.2, 0.25) is 0 Å². The Kier molecular flexibility index (Phi) is 3.90. The highest BCUT2D eigenvalue weighted by molar-refractivity contribution is 6.33. The number of ether oxygens (including phenoxy) is 2. The number of hydrogen-bond acceptors (Lipinski definition) is 3. The highest BCUT2D eigenvalue weighted by Crippen LogP contribution is 2.38. The summed E-state index contributed by atoms with van der Waals surface area (Å²) in [6, 6.07) is 11.3. The monoisotopic (exact) mass is 309 g/mol. The van der Waals surface area contributed by atoms with Crippen LogP contribution in [0, 0.1) is 0 Å². The van der Waals surface area contributed by atoms with Crippen LogP contribution in [-0.2, 0) is 6.54 Å². The fourth-order valence-electron chi connectivity index (χ4n) is 2.04. The van der Waals surface area contributed by atoms with Gasteiger partial charge in [-0.3, -0.25) is 0 Å². The molecule has 3 nitrogen and oxygen atoms in total. The first-order chi connectivity index (χ1) is 9.72. The lowest BCUT2D eigenvalue weighted by Crippen LogP contribution is -2.15. The van der Waals surface area contributed by atoms with Gasteiger partial charge in [0.15, 0.2) is 11.5 Å². The lowest BCUT2D eigenvalue weighted by Gasteiger charge is -2.20. The summed E-state index contributed by atoms with van der Waals surface area (Å²) in [6.45, 7) is 1.75. The number of hydrogen-bond donors (Lipinski definition) is 1. The molecular formula is C15H13Cl2NO2. The molecule has 0 bridgehead atoms. The van der Waals surface area contributed by atoms with Crippen LogP contribution in [0.4, 0.5) is 5.69 Å². The Morgan fingerprint density at radius 3 is 2.50 bits per heavy atom. The van der Waals surface area contributed by atoms with Gasteiger partial charge in [-0.1, -0.05) is 35.3 Å². The van der Waals surface area contributed by atoms with Crippen LogP contribution in [-0.4, -0.2) is 13.2 Å². The van der Waals surface area contributed by atoms with Crippen molar-refractivity contribution < 1.29 is 9.47 Å². The lowest BCUT2D eigenvalue weighted by molar-refractivity contribution is 0.171. The predicted octanol–water partition coefficient (Wildman–Crippen LogP) is 4.38. The number of rotatable bonds is 3. The Labute approximate surface area is 127 Å². The van der Waals surface area contributed by atoms with Crippen molar-refractivity contribution in [3.8, 4) is 11.5 Å². The van der Waals surface area contributed by atoms with Gasteiger partial charge in [0, 0.05) is 23.7 Å². The number of benzene rings is 2. The summed E-state index contributed by atoms with van der Waals surface area (Å²) in [5.41, 5.74) is 1.90. The maximum Gasteiger partial charge on any atom is 0.163 e. The van der Waals surface area contributed by atoms with E-state index in [1.54, 1.807) is 6.07 Å². The second-order valence-corrected chi connectivity index (χ2v) is 5.30. The summed E-state index contributed by atoms with van der Waals surface area (Å²) in [5, 5.41) is 4.61. The average Bonchev–Trinajstić information content (AvgIpc) is 2.45. The Balaban J connectivity index is 1.77. The van der Waals surface area contributed by atoms with Crippen LogP contribution in [0.15, 0.2) is 36.4 Å². The number of halogens is 2. The molecule has 2 aromatic carbocycles. The van der Waals surface area contributed by atoms with Gasteiger partial charge >= 0.3 is 0 Å². The summed E-state index contributed by atoms with van der Waals surface area (Å²) < 4.78 is 11.0. The number of nitrogens with one attached hydrogen (secondary N) is 1. The van der Waals surface area contributed by atoms with Gasteiger partial charge in [0.1, 0.15) is 13.2 Å². The molecule has 0 radical (unpaired) electrons. The van der Waals surface area contributed by atoms with E-state index in [-0.39, 0.29) is 0 Å². The zero-order valence-corrected chi connectivity index (χ0v) is 12.2. The lowest BCUT2D eigenvalue weighted by atomic mass is 10.2. The van der Waals surface area contributed by atoms with Gasteiger partial charge in [0.25, 0.3) is 0 Å². The van der Waals surface area contributed by atoms with E-state index in [2.05, 4.69) is 5.32 Å². The second kappa shape index (κ2) is 5.81. The van der Waals surface area contributed by atoms with Crippen LogP contribution in [0.5, 0.6) is 11.5 Å². The first kappa shape index (κ1) is 13.4. The van der Waals surface area contributed by atoms with Crippen LogP contribution >= 0.6 is 23.2 Å². The van der Waals surface area contributed by atoms with Crippen LogP contribution in [0.3, 0.4) is 0 Å². The first-order valence-corrected chi connectivity index (χ1v) is 7.05. The quantitative estimate of drug-likeness (QED) is 0.913. The minimum atomic E-state index is 0.554. The maximum absolute atomic E-state index is 6.23. The molecule has 0 unspecified atom stereocenters. The molecule has 0 fully saturated rings. The highest BCUT2D eigenvalue weighted by atomic mass is 35.5. The summed E-state index contributed by atoms with van der Waals surface area (Å²) in [7, 11) is 0. The molecule has 0 saturated heterocycles. The molecule has 3 rings (SSSR count). The van der Waals surface area contributed by atoms with E-state index in [4.69, 9.17) is 32.7 Å². The van der Waals surface area contributed by atoms with Crippen molar-refractivity contribution in [2.75, 3.05) is 18.5 Å². The van der Waals surface area contributed by atoms with Gasteiger partial charge in [-0.2, -0.15) is 0 Å². The van der Waals surface area contributed by atoms with E-state index >= 15 is 0 Å². The molecule has 0 spiro atoms. The van der Waals surface area contributed by atoms with Crippen molar-refractivity contribution in [1.29, 1.82) is 0 Å². The Morgan fingerprint density at radius 2 is 1.75 bits per heavy atom. The van der Waals surface area contributed by atoms with Crippen LogP contribution in [0.2, 0.25) is 10.0 Å². The first-order valence-electron chi connectivity index (χ1n) is 6.30. The van der Waals surface area contributed by atoms with Gasteiger partial charge < -0.3 is 14.8 Å². The van der Waals surface area contributed by atoms with E-state index in [1.807, 2.05) is 30.3 Å². The van der Waals surface area contributed by atoms with Gasteiger partial charge in [0.05, 0.1) is 10.7 Å². The Bertz CT molecular complexity index is 631. The molecule has 1 aliphatic heterocycles. The fraction of sp³-hybridized carbons (Fsp3) is 0.200. The third kappa shape index (κ3) is 2.94. The second-order valence-electron chi connectivity index (χ2n) is 4.46. The van der Waals surface area contributed by atoms with Crippen molar-refractivity contribution >= 4 is 28.9 Å². The summed E-state index contributed by atoms with van der Waals surface area (Å²) in [5.74, 6) is 1.41. The maximum atomic E-state index is 6.23. The zero-order chi connectivity index (χ0) is 13.9. The average molecular weight is 310 g/mol. The molecule has 0 atom stereocenters. The van der Waals surface area contributed by atoms with Crippen molar-refractivity contribution in [3.05, 3.63) is 52.0 Å². The van der Waals surface area contributed by atoms with Gasteiger partial charge in [-0.15, -0.1) is 0 Å². The third-order valence-corrected chi connectivity index (χ3v) is 3.55. The highest BCUT2D eigenvalue weighted by Gasteiger charge is 2.14. The van der Waals surface area contributed by atoms with E-state index in [9.17, 15) is 0 Å². The Hall–Kier alpha value is -1.58. The summed E-state index contributed by atoms with van der Waals surface area (Å²) in [4.78, 5) is 0. The van der Waals surface area contributed by atoms with Crippen molar-refractivity contribution in [2.24, 2.45) is 0 Å². The number of fused-ring (bicyclic) bond motifs is 1. The topological polar surface area (TPSA) is 30.5 Å². The Morgan fingerprint density at radius 1 is 1.00 bits per heavy atom. The van der Waals surface area contributed by atoms with E-state index in [0.717, 1.165) is 16.3 Å². The van der Waals surface area contributed by atoms with Crippen LogP contribution in [0.1, 0.15) is 5.56 Å². The molecule has 0 amide bonds. The molecule has 0 aromatic heterocycles. The standard InChI is InChI=1S/C15H13Cl2NO2/c16-11-3-1-2-10(6-11)9-18-13-8-15-14(7-12(13)17)19-4-5-20-15/h1-3,6-8,18H,4-5,9H2. The van der Waals surface area contributed by atoms with Gasteiger partial charge in [-0.25, -0.2) is 0 Å². The molecule has 104 valence electrons. The van der Waals surface area contributed by atoms with Gasteiger partial charge in [-0.05, 0) is 17.7 Å². The minimum Gasteiger partial charge on any atom is -0.486 e. The van der Waals surface area contributed by atoms with Crippen molar-refractivity contribution in [1.82, 2.24) is 0 Å². The van der Waals surface area contributed by atoms with Crippen LogP contribution < -0.4 is 14.8 Å². The van der Waals surface area contributed by atoms with Crippen molar-refractivity contribution in [2.45, 2.75) is 6.54 Å². The molecule has 2 aromatic rings. The molecule has 0 aliphatic carbocycles. The SMILES string of the molecule is Clc1cccc(CNc2cc3c(cc2Cl)OCCO3)c1. The normalized spacial score (nSPS) is 13.1. The number of anilines is 1. The molecular weight excluding hydrogens is 297 g/mol. The molecule has 1 heterocycles. The van der Waals surface area contributed by atoms with E-state index in [1.165, 1.54) is 0 Å². The molecule has 20 heavy (non-hydrogen) atoms. The summed E-state index contributed by atoms with van der Waals surface area (Å²) in [6.07, 6.45) is 0. The van der Waals surface area contributed by atoms with E-state index < -0.39 is 0 Å². The molecule has 1 N–H and O–H groups in total. The molecule has 1 aliphatic rings. The summed E-state index contributed by atoms with van der Waals surface area (Å²) >= 11 is 12.2. The predicted molar refractivity (Wildman–Crippen MR) is 81.2 cm³/mol. The smallest absolute Gasteiger partial charge is 0.163 e.